The van der Waals surface area contributed by atoms with Gasteiger partial charge in [-0.05, 0) is 12.8 Å². The zero-order valence-corrected chi connectivity index (χ0v) is 12.2. The van der Waals surface area contributed by atoms with Gasteiger partial charge in [0, 0.05) is 12.4 Å². The first-order valence-electron chi connectivity index (χ1n) is 6.44. The Kier molecular flexibility index (Phi) is 5.82. The van der Waals surface area contributed by atoms with E-state index in [0.29, 0.717) is 18.7 Å². The molecule has 0 aromatic carbocycles. The van der Waals surface area contributed by atoms with Gasteiger partial charge < -0.3 is 11.1 Å². The summed E-state index contributed by atoms with van der Waals surface area (Å²) in [5, 5.41) is 2.75. The summed E-state index contributed by atoms with van der Waals surface area (Å²) in [5.74, 6) is 0.226. The summed E-state index contributed by atoms with van der Waals surface area (Å²) in [6, 6.07) is 0. The van der Waals surface area contributed by atoms with E-state index in [1.165, 1.54) is 12.4 Å². The van der Waals surface area contributed by atoms with Crippen molar-refractivity contribution in [2.75, 3.05) is 5.32 Å². The molecule has 5 nitrogen and oxygen atoms in total. The van der Waals surface area contributed by atoms with Gasteiger partial charge in [0.1, 0.15) is 0 Å². The van der Waals surface area contributed by atoms with E-state index >= 15 is 0 Å². The lowest BCUT2D eigenvalue weighted by Gasteiger charge is -2.30. The maximum Gasteiger partial charge on any atom is 0.238 e. The highest BCUT2D eigenvalue weighted by atomic mass is 32.1. The summed E-state index contributed by atoms with van der Waals surface area (Å²) in [4.78, 5) is 20.7. The second kappa shape index (κ2) is 7.13. The van der Waals surface area contributed by atoms with E-state index in [0.717, 1.165) is 12.8 Å². The minimum Gasteiger partial charge on any atom is -0.392 e. The number of nitrogens with two attached hydrogens (primary N) is 1. The van der Waals surface area contributed by atoms with Crippen molar-refractivity contribution >= 4 is 28.9 Å². The molecule has 0 radical (unpaired) electrons. The van der Waals surface area contributed by atoms with Gasteiger partial charge in [-0.25, -0.2) is 4.98 Å². The average Bonchev–Trinajstić information content (AvgIpc) is 2.39. The van der Waals surface area contributed by atoms with E-state index in [4.69, 9.17) is 18.0 Å². The summed E-state index contributed by atoms with van der Waals surface area (Å²) in [7, 11) is 0. The quantitative estimate of drug-likeness (QED) is 0.749. The fraction of sp³-hybridized carbons (Fsp3) is 0.538. The van der Waals surface area contributed by atoms with E-state index in [9.17, 15) is 4.79 Å². The van der Waals surface area contributed by atoms with Crippen LogP contribution in [0.1, 0.15) is 39.5 Å². The fourth-order valence-corrected chi connectivity index (χ4v) is 2.46. The summed E-state index contributed by atoms with van der Waals surface area (Å²) in [6.07, 6.45) is 7.54. The number of amides is 1. The Balaban J connectivity index is 2.96. The van der Waals surface area contributed by atoms with Gasteiger partial charge in [0.15, 0.2) is 5.82 Å². The van der Waals surface area contributed by atoms with E-state index in [-0.39, 0.29) is 10.9 Å². The molecule has 104 valence electrons. The molecule has 0 unspecified atom stereocenters. The van der Waals surface area contributed by atoms with Crippen LogP contribution in [0.25, 0.3) is 0 Å². The number of rotatable bonds is 7. The van der Waals surface area contributed by atoms with Crippen LogP contribution in [-0.2, 0) is 4.79 Å². The topological polar surface area (TPSA) is 80.9 Å². The number of hydrogen-bond donors (Lipinski definition) is 2. The Labute approximate surface area is 119 Å². The molecule has 1 aromatic rings. The summed E-state index contributed by atoms with van der Waals surface area (Å²) >= 11 is 5.13. The van der Waals surface area contributed by atoms with Crippen LogP contribution in [0.3, 0.4) is 0 Å². The predicted molar refractivity (Wildman–Crippen MR) is 79.7 cm³/mol. The molecule has 0 atom stereocenters. The van der Waals surface area contributed by atoms with Crippen LogP contribution in [0, 0.1) is 5.41 Å². The highest BCUT2D eigenvalue weighted by Crippen LogP contribution is 2.32. The van der Waals surface area contributed by atoms with Gasteiger partial charge in [-0.15, -0.1) is 0 Å². The average molecular weight is 280 g/mol. The second-order valence-electron chi connectivity index (χ2n) is 4.49. The SMILES string of the molecule is CCCC(CCC)(C(=O)Nc1cnccn1)C(N)=S. The largest absolute Gasteiger partial charge is 0.392 e. The van der Waals surface area contributed by atoms with Crippen molar-refractivity contribution in [1.82, 2.24) is 9.97 Å². The molecule has 0 saturated heterocycles. The fourth-order valence-electron chi connectivity index (χ4n) is 2.16. The summed E-state index contributed by atoms with van der Waals surface area (Å²) in [5.41, 5.74) is 5.04. The smallest absolute Gasteiger partial charge is 0.238 e. The van der Waals surface area contributed by atoms with Crippen molar-refractivity contribution in [3.8, 4) is 0 Å². The van der Waals surface area contributed by atoms with E-state index in [1.54, 1.807) is 6.20 Å². The highest BCUT2D eigenvalue weighted by molar-refractivity contribution is 7.80. The van der Waals surface area contributed by atoms with Crippen LogP contribution in [0.4, 0.5) is 5.82 Å². The second-order valence-corrected chi connectivity index (χ2v) is 4.93. The summed E-state index contributed by atoms with van der Waals surface area (Å²) in [6.45, 7) is 4.02. The molecule has 0 aliphatic heterocycles. The Morgan fingerprint density at radius 3 is 2.42 bits per heavy atom. The molecule has 6 heteroatoms. The maximum absolute atomic E-state index is 12.5. The first-order chi connectivity index (χ1) is 9.06. The molecular weight excluding hydrogens is 260 g/mol. The van der Waals surface area contributed by atoms with Crippen LogP contribution in [0.15, 0.2) is 18.6 Å². The molecule has 1 aromatic heterocycles. The van der Waals surface area contributed by atoms with Gasteiger partial charge in [0.25, 0.3) is 0 Å². The number of hydrogen-bond acceptors (Lipinski definition) is 4. The lowest BCUT2D eigenvalue weighted by Crippen LogP contribution is -2.46. The van der Waals surface area contributed by atoms with E-state index < -0.39 is 5.41 Å². The number of thiocarbonyl (C=S) groups is 1. The number of carbonyl (C=O) groups is 1. The third-order valence-electron chi connectivity index (χ3n) is 3.06. The molecule has 0 spiro atoms. The van der Waals surface area contributed by atoms with Crippen LogP contribution in [-0.4, -0.2) is 20.9 Å². The van der Waals surface area contributed by atoms with Crippen molar-refractivity contribution in [3.05, 3.63) is 18.6 Å². The van der Waals surface area contributed by atoms with E-state index in [1.807, 2.05) is 13.8 Å². The first kappa shape index (κ1) is 15.5. The van der Waals surface area contributed by atoms with Crippen LogP contribution in [0.2, 0.25) is 0 Å². The number of nitrogens with one attached hydrogen (secondary N) is 1. The Hall–Kier alpha value is -1.56. The number of aromatic nitrogens is 2. The third-order valence-corrected chi connectivity index (χ3v) is 3.46. The molecule has 1 rings (SSSR count). The van der Waals surface area contributed by atoms with Crippen LogP contribution >= 0.6 is 12.2 Å². The minimum absolute atomic E-state index is 0.191. The van der Waals surface area contributed by atoms with Crippen molar-refractivity contribution in [2.45, 2.75) is 39.5 Å². The molecule has 19 heavy (non-hydrogen) atoms. The zero-order valence-electron chi connectivity index (χ0n) is 11.3. The summed E-state index contributed by atoms with van der Waals surface area (Å²) < 4.78 is 0. The highest BCUT2D eigenvalue weighted by Gasteiger charge is 2.39. The number of nitrogens with zero attached hydrogens (tertiary/aromatic N) is 2. The van der Waals surface area contributed by atoms with Crippen LogP contribution < -0.4 is 11.1 Å². The van der Waals surface area contributed by atoms with E-state index in [2.05, 4.69) is 15.3 Å². The molecular formula is C13H20N4OS. The standard InChI is InChI=1S/C13H20N4OS/c1-3-5-13(6-4-2,11(14)19)12(18)17-10-9-15-7-8-16-10/h7-9H,3-6H2,1-2H3,(H2,14,19)(H,16,17,18). The predicted octanol–water partition coefficient (Wildman–Crippen LogP) is 2.29. The van der Waals surface area contributed by atoms with Gasteiger partial charge in [0.05, 0.1) is 16.6 Å². The Bertz CT molecular complexity index is 430. The van der Waals surface area contributed by atoms with Gasteiger partial charge in [-0.2, -0.15) is 0 Å². The van der Waals surface area contributed by atoms with Crippen molar-refractivity contribution in [2.24, 2.45) is 11.1 Å². The number of carbonyl (C=O) groups excluding carboxylic acids is 1. The maximum atomic E-state index is 12.5. The minimum atomic E-state index is -0.795. The molecule has 0 aliphatic carbocycles. The molecule has 1 amide bonds. The molecule has 0 aliphatic rings. The van der Waals surface area contributed by atoms with Gasteiger partial charge >= 0.3 is 0 Å². The first-order valence-corrected chi connectivity index (χ1v) is 6.85. The molecule has 1 heterocycles. The van der Waals surface area contributed by atoms with Gasteiger partial charge in [0.2, 0.25) is 5.91 Å². The Morgan fingerprint density at radius 2 is 2.00 bits per heavy atom. The molecule has 3 N–H and O–H groups in total. The number of anilines is 1. The molecule has 0 saturated carbocycles. The van der Waals surface area contributed by atoms with Crippen LogP contribution in [0.5, 0.6) is 0 Å². The zero-order chi connectivity index (χ0) is 14.3. The lowest BCUT2D eigenvalue weighted by atomic mass is 9.78. The lowest BCUT2D eigenvalue weighted by molar-refractivity contribution is -0.122. The molecule has 0 bridgehead atoms. The monoisotopic (exact) mass is 280 g/mol. The van der Waals surface area contributed by atoms with Gasteiger partial charge in [-0.1, -0.05) is 38.9 Å². The molecule has 0 fully saturated rings. The third kappa shape index (κ3) is 3.70. The van der Waals surface area contributed by atoms with Crippen molar-refractivity contribution < 1.29 is 4.79 Å². The Morgan fingerprint density at radius 1 is 1.37 bits per heavy atom. The van der Waals surface area contributed by atoms with Crippen molar-refractivity contribution in [1.29, 1.82) is 0 Å². The van der Waals surface area contributed by atoms with Crippen molar-refractivity contribution in [3.63, 3.8) is 0 Å². The van der Waals surface area contributed by atoms with Gasteiger partial charge in [-0.3, -0.25) is 9.78 Å². The normalized spacial score (nSPS) is 11.1.